The Morgan fingerprint density at radius 2 is 1.86 bits per heavy atom. The fourth-order valence-electron chi connectivity index (χ4n) is 2.27. The largest absolute Gasteiger partial charge is 0.0851 e. The summed E-state index contributed by atoms with van der Waals surface area (Å²) in [5.41, 5.74) is 0.467. The van der Waals surface area contributed by atoms with Crippen molar-refractivity contribution in [3.8, 4) is 0 Å². The van der Waals surface area contributed by atoms with Crippen LogP contribution in [-0.4, -0.2) is 0 Å². The van der Waals surface area contributed by atoms with Gasteiger partial charge in [-0.25, -0.2) is 0 Å². The number of rotatable bonds is 3. The molecule has 2 atom stereocenters. The van der Waals surface area contributed by atoms with E-state index in [0.29, 0.717) is 5.41 Å². The lowest BCUT2D eigenvalue weighted by atomic mass is 9.66. The van der Waals surface area contributed by atoms with E-state index < -0.39 is 0 Å². The van der Waals surface area contributed by atoms with Gasteiger partial charge in [0.2, 0.25) is 0 Å². The molecule has 0 spiro atoms. The highest BCUT2D eigenvalue weighted by molar-refractivity contribution is 5.02. The molecule has 0 aliphatic heterocycles. The van der Waals surface area contributed by atoms with Crippen molar-refractivity contribution >= 4 is 0 Å². The zero-order valence-corrected chi connectivity index (χ0v) is 10.5. The Hall–Kier alpha value is -0.260. The van der Waals surface area contributed by atoms with Gasteiger partial charge in [0, 0.05) is 0 Å². The molecule has 1 rings (SSSR count). The first-order chi connectivity index (χ1) is 6.48. The van der Waals surface area contributed by atoms with Gasteiger partial charge in [-0.15, -0.1) is 0 Å². The monoisotopic (exact) mass is 194 g/mol. The highest BCUT2D eigenvalue weighted by Gasteiger charge is 2.32. The van der Waals surface area contributed by atoms with Gasteiger partial charge in [-0.05, 0) is 42.4 Å². The molecule has 0 saturated carbocycles. The third kappa shape index (κ3) is 2.40. The van der Waals surface area contributed by atoms with Crippen molar-refractivity contribution in [2.24, 2.45) is 23.2 Å². The first-order valence-electron chi connectivity index (χ1n) is 6.16. The number of hydrogen-bond donors (Lipinski definition) is 0. The van der Waals surface area contributed by atoms with Crippen molar-refractivity contribution in [2.45, 2.75) is 53.9 Å². The lowest BCUT2D eigenvalue weighted by Gasteiger charge is -2.39. The van der Waals surface area contributed by atoms with Crippen molar-refractivity contribution < 1.29 is 0 Å². The molecule has 0 fully saturated rings. The second-order valence-corrected chi connectivity index (χ2v) is 5.71. The van der Waals surface area contributed by atoms with E-state index in [2.05, 4.69) is 46.8 Å². The molecule has 1 aliphatic rings. The van der Waals surface area contributed by atoms with E-state index in [1.807, 2.05) is 0 Å². The van der Waals surface area contributed by atoms with Crippen molar-refractivity contribution in [3.05, 3.63) is 12.2 Å². The summed E-state index contributed by atoms with van der Waals surface area (Å²) >= 11 is 0. The molecule has 2 unspecified atom stereocenters. The van der Waals surface area contributed by atoms with Crippen LogP contribution in [0.1, 0.15) is 53.9 Å². The Labute approximate surface area is 89.8 Å². The standard InChI is InChI=1S/C14H26/c1-6-12-7-9-13(10-8-12)14(4,5)11(2)3/h7,9,11-13H,6,8,10H2,1-5H3. The molecule has 0 amide bonds. The first-order valence-corrected chi connectivity index (χ1v) is 6.16. The van der Waals surface area contributed by atoms with Crippen LogP contribution in [0, 0.1) is 23.2 Å². The summed E-state index contributed by atoms with van der Waals surface area (Å²) in [5, 5.41) is 0. The summed E-state index contributed by atoms with van der Waals surface area (Å²) in [6.45, 7) is 11.8. The van der Waals surface area contributed by atoms with Crippen molar-refractivity contribution in [1.82, 2.24) is 0 Å². The van der Waals surface area contributed by atoms with Crippen LogP contribution in [0.5, 0.6) is 0 Å². The van der Waals surface area contributed by atoms with E-state index >= 15 is 0 Å². The summed E-state index contributed by atoms with van der Waals surface area (Å²) in [7, 11) is 0. The van der Waals surface area contributed by atoms with Gasteiger partial charge >= 0.3 is 0 Å². The lowest BCUT2D eigenvalue weighted by molar-refractivity contribution is 0.152. The number of hydrogen-bond acceptors (Lipinski definition) is 0. The van der Waals surface area contributed by atoms with Gasteiger partial charge in [-0.3, -0.25) is 0 Å². The van der Waals surface area contributed by atoms with Crippen LogP contribution in [0.4, 0.5) is 0 Å². The van der Waals surface area contributed by atoms with Gasteiger partial charge in [-0.2, -0.15) is 0 Å². The van der Waals surface area contributed by atoms with Gasteiger partial charge in [-0.1, -0.05) is 46.8 Å². The Morgan fingerprint density at radius 1 is 1.21 bits per heavy atom. The third-order valence-corrected chi connectivity index (χ3v) is 4.43. The van der Waals surface area contributed by atoms with Crippen LogP contribution in [0.3, 0.4) is 0 Å². The number of allylic oxidation sites excluding steroid dienone is 2. The Bertz CT molecular complexity index is 198. The van der Waals surface area contributed by atoms with Crippen LogP contribution in [0.2, 0.25) is 0 Å². The molecule has 0 aromatic carbocycles. The van der Waals surface area contributed by atoms with E-state index in [0.717, 1.165) is 17.8 Å². The minimum Gasteiger partial charge on any atom is -0.0851 e. The third-order valence-electron chi connectivity index (χ3n) is 4.43. The fourth-order valence-corrected chi connectivity index (χ4v) is 2.27. The van der Waals surface area contributed by atoms with Gasteiger partial charge in [0.05, 0.1) is 0 Å². The summed E-state index contributed by atoms with van der Waals surface area (Å²) in [6.07, 6.45) is 9.04. The van der Waals surface area contributed by atoms with Crippen LogP contribution in [-0.2, 0) is 0 Å². The van der Waals surface area contributed by atoms with Gasteiger partial charge in [0.1, 0.15) is 0 Å². The van der Waals surface area contributed by atoms with Gasteiger partial charge in [0.15, 0.2) is 0 Å². The quantitative estimate of drug-likeness (QED) is 0.573. The summed E-state index contributed by atoms with van der Waals surface area (Å²) in [5.74, 6) is 2.43. The van der Waals surface area contributed by atoms with E-state index in [9.17, 15) is 0 Å². The maximum absolute atomic E-state index is 2.48. The zero-order chi connectivity index (χ0) is 10.8. The normalized spacial score (nSPS) is 28.4. The Kier molecular flexibility index (Phi) is 3.80. The minimum atomic E-state index is 0.467. The summed E-state index contributed by atoms with van der Waals surface area (Å²) < 4.78 is 0. The van der Waals surface area contributed by atoms with E-state index in [1.165, 1.54) is 19.3 Å². The highest BCUT2D eigenvalue weighted by Crippen LogP contribution is 2.41. The molecule has 0 bridgehead atoms. The molecule has 0 heterocycles. The highest BCUT2D eigenvalue weighted by atomic mass is 14.4. The molecule has 0 aromatic rings. The molecule has 0 saturated heterocycles. The van der Waals surface area contributed by atoms with E-state index in [1.54, 1.807) is 0 Å². The van der Waals surface area contributed by atoms with Crippen LogP contribution >= 0.6 is 0 Å². The average Bonchev–Trinajstić information content (AvgIpc) is 2.17. The SMILES string of the molecule is CCC1C=CC(C(C)(C)C(C)C)CC1. The molecular weight excluding hydrogens is 168 g/mol. The average molecular weight is 194 g/mol. The van der Waals surface area contributed by atoms with Crippen LogP contribution in [0.25, 0.3) is 0 Å². The molecule has 0 radical (unpaired) electrons. The zero-order valence-electron chi connectivity index (χ0n) is 10.5. The molecule has 0 heteroatoms. The molecule has 14 heavy (non-hydrogen) atoms. The van der Waals surface area contributed by atoms with Crippen molar-refractivity contribution in [3.63, 3.8) is 0 Å². The van der Waals surface area contributed by atoms with Gasteiger partial charge in [0.25, 0.3) is 0 Å². The van der Waals surface area contributed by atoms with Gasteiger partial charge < -0.3 is 0 Å². The second-order valence-electron chi connectivity index (χ2n) is 5.71. The predicted molar refractivity (Wildman–Crippen MR) is 64.3 cm³/mol. The van der Waals surface area contributed by atoms with E-state index in [-0.39, 0.29) is 0 Å². The van der Waals surface area contributed by atoms with Crippen molar-refractivity contribution in [2.75, 3.05) is 0 Å². The van der Waals surface area contributed by atoms with Crippen molar-refractivity contribution in [1.29, 1.82) is 0 Å². The summed E-state index contributed by atoms with van der Waals surface area (Å²) in [4.78, 5) is 0. The van der Waals surface area contributed by atoms with Crippen LogP contribution < -0.4 is 0 Å². The van der Waals surface area contributed by atoms with E-state index in [4.69, 9.17) is 0 Å². The molecule has 1 aliphatic carbocycles. The fraction of sp³-hybridized carbons (Fsp3) is 0.857. The Morgan fingerprint density at radius 3 is 2.21 bits per heavy atom. The molecule has 82 valence electrons. The molecule has 0 N–H and O–H groups in total. The molecule has 0 nitrogen and oxygen atoms in total. The summed E-state index contributed by atoms with van der Waals surface area (Å²) in [6, 6.07) is 0. The molecule has 0 aromatic heterocycles. The topological polar surface area (TPSA) is 0 Å². The smallest absolute Gasteiger partial charge is 0.0179 e. The van der Waals surface area contributed by atoms with Crippen LogP contribution in [0.15, 0.2) is 12.2 Å². The first kappa shape index (κ1) is 11.8. The maximum atomic E-state index is 2.48. The predicted octanol–water partition coefficient (Wildman–Crippen LogP) is 4.66. The maximum Gasteiger partial charge on any atom is -0.0179 e. The Balaban J connectivity index is 2.64. The molecular formula is C14H26. The minimum absolute atomic E-state index is 0.467. The second kappa shape index (κ2) is 4.51. The lowest BCUT2D eigenvalue weighted by Crippen LogP contribution is -2.30.